The number of aromatic nitrogens is 2. The van der Waals surface area contributed by atoms with Gasteiger partial charge in [0.1, 0.15) is 18.6 Å². The van der Waals surface area contributed by atoms with Gasteiger partial charge in [0.25, 0.3) is 5.91 Å². The highest BCUT2D eigenvalue weighted by Gasteiger charge is 2.21. The second-order valence-electron chi connectivity index (χ2n) is 4.62. The van der Waals surface area contributed by atoms with E-state index < -0.39 is 24.0 Å². The Balaban J connectivity index is 2.04. The van der Waals surface area contributed by atoms with E-state index in [0.717, 1.165) is 6.26 Å². The Morgan fingerprint density at radius 2 is 1.77 bits per heavy atom. The van der Waals surface area contributed by atoms with E-state index in [9.17, 15) is 9.59 Å². The Hall–Kier alpha value is -2.68. The van der Waals surface area contributed by atoms with Gasteiger partial charge in [-0.2, -0.15) is 0 Å². The zero-order chi connectivity index (χ0) is 16.3. The van der Waals surface area contributed by atoms with Crippen LogP contribution in [0.25, 0.3) is 0 Å². The molecule has 2 unspecified atom stereocenters. The summed E-state index contributed by atoms with van der Waals surface area (Å²) in [6, 6.07) is -0.977. The predicted molar refractivity (Wildman–Crippen MR) is 72.8 cm³/mol. The van der Waals surface area contributed by atoms with Crippen LogP contribution in [-0.4, -0.2) is 29.0 Å². The summed E-state index contributed by atoms with van der Waals surface area (Å²) in [4.78, 5) is 31.2. The van der Waals surface area contributed by atoms with Gasteiger partial charge in [-0.1, -0.05) is 0 Å². The lowest BCUT2D eigenvalue weighted by molar-refractivity contribution is 0.0594. The molecule has 0 saturated carbocycles. The molecule has 0 aliphatic carbocycles. The highest BCUT2D eigenvalue weighted by atomic mass is 16.5. The van der Waals surface area contributed by atoms with Crippen molar-refractivity contribution < 1.29 is 23.2 Å². The average Bonchev–Trinajstić information content (AvgIpc) is 3.15. The van der Waals surface area contributed by atoms with Gasteiger partial charge in [-0.05, 0) is 13.8 Å². The fourth-order valence-electron chi connectivity index (χ4n) is 1.62. The van der Waals surface area contributed by atoms with Gasteiger partial charge in [0.15, 0.2) is 11.4 Å². The number of methoxy groups -OCH3 is 1. The first kappa shape index (κ1) is 15.7. The molecule has 0 radical (unpaired) electrons. The molecule has 0 aliphatic heterocycles. The average molecular weight is 308 g/mol. The van der Waals surface area contributed by atoms with Crippen molar-refractivity contribution >= 4 is 11.9 Å². The van der Waals surface area contributed by atoms with E-state index >= 15 is 0 Å². The van der Waals surface area contributed by atoms with Gasteiger partial charge in [0, 0.05) is 0 Å². The van der Waals surface area contributed by atoms with Gasteiger partial charge in [0.2, 0.25) is 11.8 Å². The Bertz CT molecular complexity index is 676. The lowest BCUT2D eigenvalue weighted by Gasteiger charge is -2.08. The third-order valence-corrected chi connectivity index (χ3v) is 2.78. The number of carbonyl (C=O) groups is 2. The van der Waals surface area contributed by atoms with E-state index in [1.54, 1.807) is 13.8 Å². The summed E-state index contributed by atoms with van der Waals surface area (Å²) in [7, 11) is 1.24. The van der Waals surface area contributed by atoms with Gasteiger partial charge < -0.3 is 24.6 Å². The molecule has 9 heteroatoms. The van der Waals surface area contributed by atoms with Crippen LogP contribution in [0, 0.1) is 0 Å². The van der Waals surface area contributed by atoms with Crippen LogP contribution in [0.2, 0.25) is 0 Å². The van der Waals surface area contributed by atoms with E-state index in [-0.39, 0.29) is 23.2 Å². The molecule has 2 heterocycles. The molecule has 2 rings (SSSR count). The topological polar surface area (TPSA) is 133 Å². The van der Waals surface area contributed by atoms with E-state index in [2.05, 4.69) is 20.0 Å². The highest BCUT2D eigenvalue weighted by Crippen LogP contribution is 2.14. The summed E-state index contributed by atoms with van der Waals surface area (Å²) in [5, 5.41) is 2.62. The SMILES string of the molecule is COC(=O)c1coc(C(C)NC(=O)c2coc(C(C)N)n2)n1. The van der Waals surface area contributed by atoms with Gasteiger partial charge >= 0.3 is 5.97 Å². The van der Waals surface area contributed by atoms with Crippen LogP contribution in [0.1, 0.15) is 58.7 Å². The maximum atomic E-state index is 12.0. The van der Waals surface area contributed by atoms with Crippen LogP contribution in [0.4, 0.5) is 0 Å². The lowest BCUT2D eigenvalue weighted by Crippen LogP contribution is -2.27. The number of nitrogens with two attached hydrogens (primary N) is 1. The fourth-order valence-corrected chi connectivity index (χ4v) is 1.62. The Labute approximate surface area is 125 Å². The first-order valence-corrected chi connectivity index (χ1v) is 6.48. The molecule has 0 saturated heterocycles. The Morgan fingerprint density at radius 3 is 2.36 bits per heavy atom. The van der Waals surface area contributed by atoms with Crippen LogP contribution in [0.15, 0.2) is 21.4 Å². The summed E-state index contributed by atoms with van der Waals surface area (Å²) >= 11 is 0. The number of hydrogen-bond acceptors (Lipinski definition) is 8. The maximum absolute atomic E-state index is 12.0. The third-order valence-electron chi connectivity index (χ3n) is 2.78. The third kappa shape index (κ3) is 3.31. The maximum Gasteiger partial charge on any atom is 0.360 e. The molecule has 0 spiro atoms. The van der Waals surface area contributed by atoms with Crippen LogP contribution in [0.3, 0.4) is 0 Å². The van der Waals surface area contributed by atoms with Crippen molar-refractivity contribution in [2.45, 2.75) is 25.9 Å². The van der Waals surface area contributed by atoms with E-state index in [4.69, 9.17) is 14.6 Å². The van der Waals surface area contributed by atoms with Crippen LogP contribution in [0.5, 0.6) is 0 Å². The van der Waals surface area contributed by atoms with E-state index in [1.807, 2.05) is 0 Å². The number of ether oxygens (including phenoxy) is 1. The van der Waals surface area contributed by atoms with Crippen LogP contribution < -0.4 is 11.1 Å². The molecule has 0 bridgehead atoms. The van der Waals surface area contributed by atoms with Crippen molar-refractivity contribution in [3.05, 3.63) is 35.7 Å². The minimum absolute atomic E-state index is 0.0271. The number of nitrogens with zero attached hydrogens (tertiary/aromatic N) is 2. The van der Waals surface area contributed by atoms with Gasteiger partial charge in [-0.15, -0.1) is 0 Å². The zero-order valence-corrected chi connectivity index (χ0v) is 12.3. The second kappa shape index (κ2) is 6.39. The molecule has 0 fully saturated rings. The Kier molecular flexibility index (Phi) is 4.56. The quantitative estimate of drug-likeness (QED) is 0.780. The summed E-state index contributed by atoms with van der Waals surface area (Å²) < 4.78 is 14.7. The molecule has 1 amide bonds. The molecular weight excluding hydrogens is 292 g/mol. The lowest BCUT2D eigenvalue weighted by atomic mass is 10.3. The van der Waals surface area contributed by atoms with Crippen LogP contribution in [-0.2, 0) is 4.74 Å². The summed E-state index contributed by atoms with van der Waals surface area (Å²) in [5.41, 5.74) is 5.73. The highest BCUT2D eigenvalue weighted by molar-refractivity contribution is 5.92. The predicted octanol–water partition coefficient (Wildman–Crippen LogP) is 0.960. The molecule has 2 atom stereocenters. The summed E-state index contributed by atoms with van der Waals surface area (Å²) in [6.07, 6.45) is 2.38. The summed E-state index contributed by atoms with van der Waals surface area (Å²) in [6.45, 7) is 3.34. The smallest absolute Gasteiger partial charge is 0.360 e. The number of esters is 1. The number of carbonyl (C=O) groups excluding carboxylic acids is 2. The number of hydrogen-bond donors (Lipinski definition) is 2. The molecule has 118 valence electrons. The van der Waals surface area contributed by atoms with Crippen molar-refractivity contribution in [3.8, 4) is 0 Å². The standard InChI is InChI=1S/C13H16N4O5/c1-6(14)11-16-8(4-21-11)10(18)15-7(2)12-17-9(5-22-12)13(19)20-3/h4-7H,14H2,1-3H3,(H,15,18). The zero-order valence-electron chi connectivity index (χ0n) is 12.3. The summed E-state index contributed by atoms with van der Waals surface area (Å²) in [5.74, 6) is -0.654. The van der Waals surface area contributed by atoms with Gasteiger partial charge in [0.05, 0.1) is 13.2 Å². The number of rotatable bonds is 5. The molecule has 3 N–H and O–H groups in total. The van der Waals surface area contributed by atoms with Gasteiger partial charge in [-0.25, -0.2) is 14.8 Å². The molecule has 2 aromatic heterocycles. The minimum atomic E-state index is -0.619. The first-order valence-electron chi connectivity index (χ1n) is 6.48. The van der Waals surface area contributed by atoms with Crippen molar-refractivity contribution in [1.29, 1.82) is 0 Å². The second-order valence-corrected chi connectivity index (χ2v) is 4.62. The normalized spacial score (nSPS) is 13.5. The number of oxazole rings is 2. The number of nitrogens with one attached hydrogen (secondary N) is 1. The minimum Gasteiger partial charge on any atom is -0.464 e. The largest absolute Gasteiger partial charge is 0.464 e. The monoisotopic (exact) mass is 308 g/mol. The first-order chi connectivity index (χ1) is 10.4. The van der Waals surface area contributed by atoms with Crippen molar-refractivity contribution in [1.82, 2.24) is 15.3 Å². The molecule has 0 aliphatic rings. The fraction of sp³-hybridized carbons (Fsp3) is 0.385. The molecule has 2 aromatic rings. The Morgan fingerprint density at radius 1 is 1.18 bits per heavy atom. The molecule has 0 aromatic carbocycles. The van der Waals surface area contributed by atoms with E-state index in [0.29, 0.717) is 0 Å². The van der Waals surface area contributed by atoms with Crippen molar-refractivity contribution in [2.75, 3.05) is 7.11 Å². The van der Waals surface area contributed by atoms with Crippen molar-refractivity contribution in [3.63, 3.8) is 0 Å². The molecular formula is C13H16N4O5. The molecule has 9 nitrogen and oxygen atoms in total. The van der Waals surface area contributed by atoms with Crippen molar-refractivity contribution in [2.24, 2.45) is 5.73 Å². The van der Waals surface area contributed by atoms with E-state index in [1.165, 1.54) is 13.4 Å². The number of amides is 1. The van der Waals surface area contributed by atoms with Crippen LogP contribution >= 0.6 is 0 Å². The van der Waals surface area contributed by atoms with Gasteiger partial charge in [-0.3, -0.25) is 4.79 Å². The molecule has 22 heavy (non-hydrogen) atoms.